The zero-order valence-corrected chi connectivity index (χ0v) is 20.2. The van der Waals surface area contributed by atoms with Gasteiger partial charge in [0.2, 0.25) is 5.91 Å². The van der Waals surface area contributed by atoms with Crippen LogP contribution < -0.4 is 4.74 Å². The van der Waals surface area contributed by atoms with Gasteiger partial charge in [0.25, 0.3) is 5.91 Å². The highest BCUT2D eigenvalue weighted by Gasteiger charge is 2.25. The second kappa shape index (κ2) is 9.98. The second-order valence-electron chi connectivity index (χ2n) is 8.49. The molecule has 7 heteroatoms. The number of benzene rings is 2. The van der Waals surface area contributed by atoms with Gasteiger partial charge in [-0.1, -0.05) is 18.5 Å². The minimum atomic E-state index is -0.147. The second-order valence-corrected chi connectivity index (χ2v) is 8.93. The van der Waals surface area contributed by atoms with Crippen molar-refractivity contribution in [1.82, 2.24) is 14.4 Å². The van der Waals surface area contributed by atoms with Crippen LogP contribution in [0.5, 0.6) is 5.75 Å². The molecule has 3 aromatic rings. The lowest BCUT2D eigenvalue weighted by atomic mass is 10.1. The van der Waals surface area contributed by atoms with Crippen LogP contribution in [0.15, 0.2) is 42.5 Å². The fraction of sp³-hybridized carbons (Fsp3) is 0.385. The van der Waals surface area contributed by atoms with E-state index in [9.17, 15) is 9.59 Å². The lowest BCUT2D eigenvalue weighted by Gasteiger charge is -2.34. The molecule has 6 nitrogen and oxygen atoms in total. The van der Waals surface area contributed by atoms with E-state index in [4.69, 9.17) is 16.3 Å². The molecule has 2 heterocycles. The van der Waals surface area contributed by atoms with Crippen molar-refractivity contribution in [2.45, 2.75) is 26.7 Å². The first-order valence-corrected chi connectivity index (χ1v) is 11.8. The molecule has 174 valence electrons. The lowest BCUT2D eigenvalue weighted by molar-refractivity contribution is -0.132. The van der Waals surface area contributed by atoms with Crippen LogP contribution in [-0.4, -0.2) is 66.0 Å². The van der Waals surface area contributed by atoms with E-state index in [1.165, 1.54) is 0 Å². The summed E-state index contributed by atoms with van der Waals surface area (Å²) in [5.74, 6) is 0.641. The maximum Gasteiger partial charge on any atom is 0.262 e. The van der Waals surface area contributed by atoms with Gasteiger partial charge in [-0.15, -0.1) is 0 Å². The number of nitrogens with zero attached hydrogens (tertiary/aromatic N) is 3. The summed E-state index contributed by atoms with van der Waals surface area (Å²) in [4.78, 5) is 31.0. The van der Waals surface area contributed by atoms with Crippen LogP contribution >= 0.6 is 11.6 Å². The molecule has 4 rings (SSSR count). The highest BCUT2D eigenvalue weighted by molar-refractivity contribution is 6.30. The first-order valence-electron chi connectivity index (χ1n) is 11.4. The van der Waals surface area contributed by atoms with Crippen molar-refractivity contribution in [2.24, 2.45) is 0 Å². The van der Waals surface area contributed by atoms with Gasteiger partial charge in [0.05, 0.1) is 19.0 Å². The number of aromatic nitrogens is 1. The van der Waals surface area contributed by atoms with Crippen molar-refractivity contribution in [3.05, 3.63) is 64.3 Å². The number of piperazine rings is 1. The summed E-state index contributed by atoms with van der Waals surface area (Å²) in [6.45, 7) is 8.44. The number of ether oxygens (including phenoxy) is 1. The molecule has 1 saturated heterocycles. The molecule has 1 aromatic heterocycles. The highest BCUT2D eigenvalue weighted by atomic mass is 35.5. The standard InChI is InChI=1S/C26H30ClN3O3/c1-4-11-28-12-14-29(15-13-28)25(31)17-22-18(2)30(24-10-9-21(33-3)16-23(22)24)26(32)19-5-7-20(27)8-6-19/h5-10,16H,4,11-15,17H2,1-3H3. The van der Waals surface area contributed by atoms with Crippen molar-refractivity contribution < 1.29 is 14.3 Å². The van der Waals surface area contributed by atoms with Crippen LogP contribution in [0.3, 0.4) is 0 Å². The van der Waals surface area contributed by atoms with Crippen LogP contribution in [0.2, 0.25) is 5.02 Å². The minimum absolute atomic E-state index is 0.0926. The van der Waals surface area contributed by atoms with E-state index in [0.29, 0.717) is 16.3 Å². The summed E-state index contributed by atoms with van der Waals surface area (Å²) < 4.78 is 7.13. The van der Waals surface area contributed by atoms with Gasteiger partial charge in [-0.3, -0.25) is 19.1 Å². The molecule has 1 aliphatic heterocycles. The summed E-state index contributed by atoms with van der Waals surface area (Å²) in [6, 6.07) is 12.5. The molecule has 33 heavy (non-hydrogen) atoms. The summed E-state index contributed by atoms with van der Waals surface area (Å²) >= 11 is 6.01. The van der Waals surface area contributed by atoms with Crippen molar-refractivity contribution in [1.29, 1.82) is 0 Å². The van der Waals surface area contributed by atoms with Crippen LogP contribution in [0.25, 0.3) is 10.9 Å². The van der Waals surface area contributed by atoms with E-state index in [1.54, 1.807) is 35.9 Å². The molecule has 1 fully saturated rings. The van der Waals surface area contributed by atoms with Crippen LogP contribution in [0.4, 0.5) is 0 Å². The van der Waals surface area contributed by atoms with Gasteiger partial charge in [-0.05, 0) is 67.9 Å². The Morgan fingerprint density at radius 1 is 1.03 bits per heavy atom. The minimum Gasteiger partial charge on any atom is -0.497 e. The lowest BCUT2D eigenvalue weighted by Crippen LogP contribution is -2.49. The molecule has 0 atom stereocenters. The number of halogens is 1. The molecular weight excluding hydrogens is 438 g/mol. The predicted octanol–water partition coefficient (Wildman–Crippen LogP) is 4.40. The fourth-order valence-corrected chi connectivity index (χ4v) is 4.72. The molecule has 1 amide bonds. The van der Waals surface area contributed by atoms with E-state index in [2.05, 4.69) is 11.8 Å². The average molecular weight is 468 g/mol. The Morgan fingerprint density at radius 3 is 2.36 bits per heavy atom. The fourth-order valence-electron chi connectivity index (χ4n) is 4.60. The zero-order valence-electron chi connectivity index (χ0n) is 19.4. The third kappa shape index (κ3) is 4.77. The molecule has 0 radical (unpaired) electrons. The van der Waals surface area contributed by atoms with E-state index >= 15 is 0 Å². The van der Waals surface area contributed by atoms with Crippen molar-refractivity contribution in [3.8, 4) is 5.75 Å². The number of hydrogen-bond donors (Lipinski definition) is 0. The molecule has 0 spiro atoms. The zero-order chi connectivity index (χ0) is 23.5. The maximum atomic E-state index is 13.4. The number of carbonyl (C=O) groups excluding carboxylic acids is 2. The molecule has 0 unspecified atom stereocenters. The molecular formula is C26H30ClN3O3. The number of methoxy groups -OCH3 is 1. The Hall–Kier alpha value is -2.83. The molecule has 2 aromatic carbocycles. The normalized spacial score (nSPS) is 14.6. The number of carbonyl (C=O) groups is 2. The summed E-state index contributed by atoms with van der Waals surface area (Å²) in [6.07, 6.45) is 1.38. The van der Waals surface area contributed by atoms with Gasteiger partial charge in [-0.25, -0.2) is 0 Å². The van der Waals surface area contributed by atoms with Crippen LogP contribution in [0, 0.1) is 6.92 Å². The van der Waals surface area contributed by atoms with Gasteiger partial charge in [0, 0.05) is 47.8 Å². The Bertz CT molecular complexity index is 1160. The molecule has 0 bridgehead atoms. The van der Waals surface area contributed by atoms with E-state index < -0.39 is 0 Å². The monoisotopic (exact) mass is 467 g/mol. The van der Waals surface area contributed by atoms with Gasteiger partial charge in [0.15, 0.2) is 0 Å². The first kappa shape index (κ1) is 23.3. The Balaban J connectivity index is 1.67. The molecule has 1 aliphatic rings. The first-order chi connectivity index (χ1) is 15.9. The van der Waals surface area contributed by atoms with Crippen molar-refractivity contribution in [2.75, 3.05) is 39.8 Å². The highest BCUT2D eigenvalue weighted by Crippen LogP contribution is 2.31. The predicted molar refractivity (Wildman–Crippen MR) is 131 cm³/mol. The van der Waals surface area contributed by atoms with Crippen molar-refractivity contribution in [3.63, 3.8) is 0 Å². The molecule has 0 aliphatic carbocycles. The third-order valence-electron chi connectivity index (χ3n) is 6.43. The van der Waals surface area contributed by atoms with Crippen LogP contribution in [-0.2, 0) is 11.2 Å². The van der Waals surface area contributed by atoms with Crippen LogP contribution in [0.1, 0.15) is 35.0 Å². The Morgan fingerprint density at radius 2 is 1.73 bits per heavy atom. The van der Waals surface area contributed by atoms with Gasteiger partial charge in [-0.2, -0.15) is 0 Å². The van der Waals surface area contributed by atoms with E-state index in [1.807, 2.05) is 30.0 Å². The number of fused-ring (bicyclic) bond motifs is 1. The van der Waals surface area contributed by atoms with Gasteiger partial charge < -0.3 is 9.64 Å². The summed E-state index contributed by atoms with van der Waals surface area (Å²) in [5, 5.41) is 1.45. The number of hydrogen-bond acceptors (Lipinski definition) is 4. The maximum absolute atomic E-state index is 13.4. The Kier molecular flexibility index (Phi) is 7.05. The van der Waals surface area contributed by atoms with E-state index in [0.717, 1.165) is 61.3 Å². The number of amides is 1. The topological polar surface area (TPSA) is 54.8 Å². The third-order valence-corrected chi connectivity index (χ3v) is 6.68. The molecule has 0 saturated carbocycles. The largest absolute Gasteiger partial charge is 0.497 e. The SMILES string of the molecule is CCCN1CCN(C(=O)Cc2c(C)n(C(=O)c3ccc(Cl)cc3)c3ccc(OC)cc23)CC1. The number of rotatable bonds is 6. The summed E-state index contributed by atoms with van der Waals surface area (Å²) in [5.41, 5.74) is 2.95. The quantitative estimate of drug-likeness (QED) is 0.539. The van der Waals surface area contributed by atoms with Gasteiger partial charge >= 0.3 is 0 Å². The molecule has 0 N–H and O–H groups in total. The van der Waals surface area contributed by atoms with E-state index in [-0.39, 0.29) is 18.2 Å². The average Bonchev–Trinajstić information content (AvgIpc) is 3.10. The Labute approximate surface area is 199 Å². The smallest absolute Gasteiger partial charge is 0.262 e. The van der Waals surface area contributed by atoms with Crippen molar-refractivity contribution >= 4 is 34.3 Å². The van der Waals surface area contributed by atoms with Gasteiger partial charge in [0.1, 0.15) is 5.75 Å². The summed E-state index contributed by atoms with van der Waals surface area (Å²) in [7, 11) is 1.62.